The molecule has 2 aliphatic heterocycles. The lowest BCUT2D eigenvalue weighted by Crippen LogP contribution is -2.46. The van der Waals surface area contributed by atoms with Gasteiger partial charge in [0.15, 0.2) is 0 Å². The van der Waals surface area contributed by atoms with Crippen molar-refractivity contribution >= 4 is 11.4 Å². The van der Waals surface area contributed by atoms with E-state index in [0.29, 0.717) is 12.6 Å². The number of nitrogens with zero attached hydrogens (tertiary/aromatic N) is 4. The van der Waals surface area contributed by atoms with Crippen LogP contribution < -0.4 is 4.74 Å². The van der Waals surface area contributed by atoms with Crippen LogP contribution in [0.1, 0.15) is 18.9 Å². The number of nitro groups is 1. The Bertz CT molecular complexity index is 805. The maximum absolute atomic E-state index is 10.8. The maximum Gasteiger partial charge on any atom is 0.415 e. The van der Waals surface area contributed by atoms with Crippen LogP contribution in [0.2, 0.25) is 0 Å². The first-order valence-corrected chi connectivity index (χ1v) is 8.40. The molecule has 1 aromatic carbocycles. The van der Waals surface area contributed by atoms with Crippen molar-refractivity contribution in [1.29, 1.82) is 0 Å². The Labute approximate surface area is 145 Å². The highest BCUT2D eigenvalue weighted by Gasteiger charge is 2.41. The summed E-state index contributed by atoms with van der Waals surface area (Å²) in [4.78, 5) is 16.6. The third-order valence-electron chi connectivity index (χ3n) is 4.75. The van der Waals surface area contributed by atoms with Crippen LogP contribution in [0.4, 0.5) is 5.82 Å². The predicted octanol–water partition coefficient (Wildman–Crippen LogP) is 2.73. The van der Waals surface area contributed by atoms with E-state index in [9.17, 15) is 10.1 Å². The van der Waals surface area contributed by atoms with Crippen molar-refractivity contribution in [2.45, 2.75) is 25.5 Å². The van der Waals surface area contributed by atoms with E-state index in [1.165, 1.54) is 17.3 Å². The van der Waals surface area contributed by atoms with E-state index in [0.717, 1.165) is 26.1 Å². The summed E-state index contributed by atoms with van der Waals surface area (Å²) in [5.41, 5.74) is 2.27. The minimum atomic E-state index is -0.493. The van der Waals surface area contributed by atoms with Crippen LogP contribution in [0, 0.1) is 10.1 Å². The van der Waals surface area contributed by atoms with Crippen LogP contribution in [0.15, 0.2) is 42.6 Å². The summed E-state index contributed by atoms with van der Waals surface area (Å²) < 4.78 is 7.65. The molecular formula is C18H20N4O3. The Morgan fingerprint density at radius 1 is 1.36 bits per heavy atom. The Kier molecular flexibility index (Phi) is 3.80. The zero-order chi connectivity index (χ0) is 17.4. The summed E-state index contributed by atoms with van der Waals surface area (Å²) in [6.45, 7) is 5.23. The Morgan fingerprint density at radius 2 is 2.16 bits per heavy atom. The molecule has 0 bridgehead atoms. The summed E-state index contributed by atoms with van der Waals surface area (Å²) in [6, 6.07) is 10.8. The monoisotopic (exact) mass is 340 g/mol. The molecule has 0 saturated heterocycles. The first-order valence-electron chi connectivity index (χ1n) is 8.40. The van der Waals surface area contributed by atoms with Crippen molar-refractivity contribution in [3.8, 4) is 6.01 Å². The number of hydrogen-bond acceptors (Lipinski definition) is 5. The highest BCUT2D eigenvalue weighted by atomic mass is 16.6. The lowest BCUT2D eigenvalue weighted by atomic mass is 9.98. The van der Waals surface area contributed by atoms with Gasteiger partial charge in [-0.05, 0) is 29.4 Å². The largest absolute Gasteiger partial charge is 0.436 e. The molecule has 3 heterocycles. The second kappa shape index (κ2) is 6.00. The molecular weight excluding hydrogens is 320 g/mol. The van der Waals surface area contributed by atoms with E-state index in [4.69, 9.17) is 4.74 Å². The zero-order valence-corrected chi connectivity index (χ0v) is 14.1. The van der Waals surface area contributed by atoms with E-state index >= 15 is 0 Å². The average molecular weight is 340 g/mol. The van der Waals surface area contributed by atoms with Crippen molar-refractivity contribution in [2.75, 3.05) is 19.6 Å². The Morgan fingerprint density at radius 3 is 2.80 bits per heavy atom. The molecule has 4 rings (SSSR count). The molecule has 2 aromatic rings. The third-order valence-corrected chi connectivity index (χ3v) is 4.75. The number of aromatic nitrogens is 2. The van der Waals surface area contributed by atoms with Gasteiger partial charge in [0.25, 0.3) is 0 Å². The van der Waals surface area contributed by atoms with E-state index in [2.05, 4.69) is 40.2 Å². The number of imidazole rings is 1. The van der Waals surface area contributed by atoms with Gasteiger partial charge in [-0.2, -0.15) is 0 Å². The molecule has 130 valence electrons. The van der Waals surface area contributed by atoms with E-state index in [-0.39, 0.29) is 5.82 Å². The zero-order valence-electron chi connectivity index (χ0n) is 14.1. The molecule has 0 spiro atoms. The highest BCUT2D eigenvalue weighted by molar-refractivity contribution is 5.66. The van der Waals surface area contributed by atoms with Crippen LogP contribution in [0.25, 0.3) is 5.57 Å². The SMILES string of the molecule is C[C@]1(CN2CC=C(c3ccccc3)CC2)Cn2cc([N+](=O)[O-])nc2O1. The lowest BCUT2D eigenvalue weighted by molar-refractivity contribution is -0.389. The molecule has 1 atom stereocenters. The van der Waals surface area contributed by atoms with E-state index < -0.39 is 10.5 Å². The molecule has 0 aliphatic carbocycles. The van der Waals surface area contributed by atoms with E-state index in [1.54, 1.807) is 4.57 Å². The van der Waals surface area contributed by atoms with Gasteiger partial charge in [0.2, 0.25) is 0 Å². The average Bonchev–Trinajstić information content (AvgIpc) is 3.11. The molecule has 0 N–H and O–H groups in total. The minimum Gasteiger partial charge on any atom is -0.436 e. The first kappa shape index (κ1) is 15.8. The molecule has 1 aromatic heterocycles. The topological polar surface area (TPSA) is 73.4 Å². The fourth-order valence-electron chi connectivity index (χ4n) is 3.61. The van der Waals surface area contributed by atoms with Crippen molar-refractivity contribution in [2.24, 2.45) is 0 Å². The third kappa shape index (κ3) is 3.15. The van der Waals surface area contributed by atoms with Gasteiger partial charge < -0.3 is 14.9 Å². The molecule has 0 fully saturated rings. The quantitative estimate of drug-likeness (QED) is 0.632. The number of fused-ring (bicyclic) bond motifs is 1. The highest BCUT2D eigenvalue weighted by Crippen LogP contribution is 2.32. The normalized spacial score (nSPS) is 23.0. The molecule has 7 nitrogen and oxygen atoms in total. The first-order chi connectivity index (χ1) is 12.0. The maximum atomic E-state index is 10.8. The molecule has 0 saturated carbocycles. The number of ether oxygens (including phenoxy) is 1. The number of rotatable bonds is 4. The molecule has 0 unspecified atom stereocenters. The smallest absolute Gasteiger partial charge is 0.415 e. The molecule has 7 heteroatoms. The summed E-state index contributed by atoms with van der Waals surface area (Å²) in [7, 11) is 0. The lowest BCUT2D eigenvalue weighted by Gasteiger charge is -2.33. The van der Waals surface area contributed by atoms with Crippen molar-refractivity contribution < 1.29 is 9.66 Å². The second-order valence-corrected chi connectivity index (χ2v) is 6.90. The van der Waals surface area contributed by atoms with Gasteiger partial charge in [-0.25, -0.2) is 0 Å². The van der Waals surface area contributed by atoms with E-state index in [1.807, 2.05) is 13.0 Å². The van der Waals surface area contributed by atoms with Crippen molar-refractivity contribution in [3.05, 3.63) is 58.3 Å². The van der Waals surface area contributed by atoms with Crippen LogP contribution >= 0.6 is 0 Å². The fraction of sp³-hybridized carbons (Fsp3) is 0.389. The molecule has 0 radical (unpaired) electrons. The number of hydrogen-bond donors (Lipinski definition) is 0. The van der Waals surface area contributed by atoms with Crippen LogP contribution in [0.3, 0.4) is 0 Å². The molecule has 25 heavy (non-hydrogen) atoms. The van der Waals surface area contributed by atoms with Gasteiger partial charge in [-0.1, -0.05) is 36.4 Å². The van der Waals surface area contributed by atoms with Gasteiger partial charge in [0, 0.05) is 24.6 Å². The van der Waals surface area contributed by atoms with Crippen LogP contribution in [-0.4, -0.2) is 44.6 Å². The van der Waals surface area contributed by atoms with Crippen LogP contribution in [0.5, 0.6) is 6.01 Å². The van der Waals surface area contributed by atoms with Gasteiger partial charge in [0.05, 0.1) is 6.54 Å². The molecule has 0 amide bonds. The van der Waals surface area contributed by atoms with Crippen LogP contribution in [-0.2, 0) is 6.54 Å². The predicted molar refractivity (Wildman–Crippen MR) is 93.4 cm³/mol. The fourth-order valence-corrected chi connectivity index (χ4v) is 3.61. The number of benzene rings is 1. The van der Waals surface area contributed by atoms with Crippen molar-refractivity contribution in [1.82, 2.24) is 14.5 Å². The summed E-state index contributed by atoms with van der Waals surface area (Å²) in [6.07, 6.45) is 4.74. The Hall–Kier alpha value is -2.67. The summed E-state index contributed by atoms with van der Waals surface area (Å²) >= 11 is 0. The second-order valence-electron chi connectivity index (χ2n) is 6.90. The summed E-state index contributed by atoms with van der Waals surface area (Å²) in [5.74, 6) is -0.162. The summed E-state index contributed by atoms with van der Waals surface area (Å²) in [5, 5.41) is 10.8. The Balaban J connectivity index is 1.39. The van der Waals surface area contributed by atoms with Gasteiger partial charge in [-0.3, -0.25) is 9.47 Å². The molecule has 2 aliphatic rings. The van der Waals surface area contributed by atoms with Gasteiger partial charge in [-0.15, -0.1) is 0 Å². The van der Waals surface area contributed by atoms with Crippen molar-refractivity contribution in [3.63, 3.8) is 0 Å². The minimum absolute atomic E-state index is 0.162. The standard InChI is InChI=1S/C18H20N4O3/c1-18(13-21-11-16(22(23)24)19-17(21)25-18)12-20-9-7-15(8-10-20)14-5-3-2-4-6-14/h2-7,11H,8-10,12-13H2,1H3/t18-/m0/s1. The van der Waals surface area contributed by atoms with Gasteiger partial charge in [0.1, 0.15) is 11.8 Å². The van der Waals surface area contributed by atoms with Gasteiger partial charge >= 0.3 is 11.8 Å².